The highest BCUT2D eigenvalue weighted by atomic mass is 16.4. The van der Waals surface area contributed by atoms with Crippen molar-refractivity contribution in [2.45, 2.75) is 38.0 Å². The molecule has 1 N–H and O–H groups in total. The van der Waals surface area contributed by atoms with Gasteiger partial charge in [0.1, 0.15) is 11.2 Å². The molecule has 1 aromatic carbocycles. The molecule has 1 fully saturated rings. The quantitative estimate of drug-likeness (QED) is 0.927. The van der Waals surface area contributed by atoms with Gasteiger partial charge in [-0.15, -0.1) is 0 Å². The van der Waals surface area contributed by atoms with Crippen molar-refractivity contribution in [3.05, 3.63) is 41.8 Å². The van der Waals surface area contributed by atoms with E-state index in [4.69, 9.17) is 4.42 Å². The summed E-state index contributed by atoms with van der Waals surface area (Å²) in [5.74, 6) is 0.338. The van der Waals surface area contributed by atoms with Gasteiger partial charge < -0.3 is 9.52 Å². The van der Waals surface area contributed by atoms with Crippen molar-refractivity contribution in [3.8, 4) is 11.5 Å². The molecule has 0 unspecified atom stereocenters. The van der Waals surface area contributed by atoms with Gasteiger partial charge in [-0.2, -0.15) is 0 Å². The number of benzene rings is 1. The molecule has 0 radical (unpaired) electrons. The minimum atomic E-state index is -0.861. The van der Waals surface area contributed by atoms with E-state index in [-0.39, 0.29) is 0 Å². The van der Waals surface area contributed by atoms with E-state index in [9.17, 15) is 9.90 Å². The Kier molecular flexibility index (Phi) is 3.08. The Morgan fingerprint density at radius 2 is 1.90 bits per heavy atom. The first-order valence-corrected chi connectivity index (χ1v) is 6.90. The normalized spacial score (nSPS) is 17.2. The number of carboxylic acid groups (broad SMARTS) is 1. The third-order valence-corrected chi connectivity index (χ3v) is 4.14. The minimum absolute atomic E-state index is 0.505. The van der Waals surface area contributed by atoms with E-state index in [2.05, 4.69) is 4.98 Å². The second-order valence-corrected chi connectivity index (χ2v) is 5.38. The van der Waals surface area contributed by atoms with Gasteiger partial charge in [-0.3, -0.25) is 4.79 Å². The molecular formula is C16H17NO3. The van der Waals surface area contributed by atoms with Crippen LogP contribution in [-0.2, 0) is 10.2 Å². The summed E-state index contributed by atoms with van der Waals surface area (Å²) in [5, 5.41) is 9.64. The number of aliphatic carboxylic acids is 1. The Hall–Kier alpha value is -2.10. The van der Waals surface area contributed by atoms with Crippen LogP contribution in [0.3, 0.4) is 0 Å². The average Bonchev–Trinajstić information content (AvgIpc) is 3.07. The SMILES string of the molecule is Cc1oc(-c2ccccc2)nc1C1(C(=O)O)CCCC1. The Balaban J connectivity index is 2.07. The zero-order valence-corrected chi connectivity index (χ0v) is 11.4. The standard InChI is InChI=1S/C16H17NO3/c1-11-13(16(15(18)19)9-5-6-10-16)17-14(20-11)12-7-3-2-4-8-12/h2-4,7-8H,5-6,9-10H2,1H3,(H,18,19). The van der Waals surface area contributed by atoms with Crippen molar-refractivity contribution in [2.24, 2.45) is 0 Å². The molecule has 0 bridgehead atoms. The molecule has 2 aromatic rings. The number of rotatable bonds is 3. The molecule has 0 aliphatic heterocycles. The lowest BCUT2D eigenvalue weighted by molar-refractivity contribution is -0.143. The Morgan fingerprint density at radius 3 is 2.50 bits per heavy atom. The first kappa shape index (κ1) is 12.9. The molecular weight excluding hydrogens is 254 g/mol. The molecule has 4 heteroatoms. The molecule has 1 aliphatic rings. The maximum atomic E-state index is 11.7. The van der Waals surface area contributed by atoms with Crippen LogP contribution in [0.25, 0.3) is 11.5 Å². The number of hydrogen-bond acceptors (Lipinski definition) is 3. The van der Waals surface area contributed by atoms with Gasteiger partial charge in [-0.05, 0) is 31.9 Å². The number of carbonyl (C=O) groups is 1. The van der Waals surface area contributed by atoms with Crippen LogP contribution in [-0.4, -0.2) is 16.1 Å². The highest BCUT2D eigenvalue weighted by Crippen LogP contribution is 2.43. The molecule has 0 spiro atoms. The topological polar surface area (TPSA) is 63.3 Å². The van der Waals surface area contributed by atoms with E-state index < -0.39 is 11.4 Å². The van der Waals surface area contributed by atoms with Gasteiger partial charge in [-0.25, -0.2) is 4.98 Å². The second kappa shape index (κ2) is 4.78. The summed E-state index contributed by atoms with van der Waals surface area (Å²) in [5.41, 5.74) is 0.613. The van der Waals surface area contributed by atoms with Crippen molar-refractivity contribution in [1.82, 2.24) is 4.98 Å². The van der Waals surface area contributed by atoms with Gasteiger partial charge in [0.2, 0.25) is 5.89 Å². The Morgan fingerprint density at radius 1 is 1.25 bits per heavy atom. The second-order valence-electron chi connectivity index (χ2n) is 5.38. The lowest BCUT2D eigenvalue weighted by atomic mass is 9.82. The number of aromatic nitrogens is 1. The highest BCUT2D eigenvalue weighted by Gasteiger charge is 2.46. The number of carboxylic acids is 1. The van der Waals surface area contributed by atoms with Crippen LogP contribution in [0.1, 0.15) is 37.1 Å². The van der Waals surface area contributed by atoms with E-state index in [1.807, 2.05) is 30.3 Å². The summed E-state index contributed by atoms with van der Waals surface area (Å²) in [6.07, 6.45) is 3.15. The van der Waals surface area contributed by atoms with Gasteiger partial charge in [0.15, 0.2) is 0 Å². The van der Waals surface area contributed by atoms with Gasteiger partial charge >= 0.3 is 5.97 Å². The summed E-state index contributed by atoms with van der Waals surface area (Å²) in [4.78, 5) is 16.2. The van der Waals surface area contributed by atoms with Crippen molar-refractivity contribution < 1.29 is 14.3 Å². The monoisotopic (exact) mass is 271 g/mol. The molecule has 3 rings (SSSR count). The van der Waals surface area contributed by atoms with E-state index >= 15 is 0 Å². The van der Waals surface area contributed by atoms with Crippen LogP contribution >= 0.6 is 0 Å². The molecule has 1 heterocycles. The first-order chi connectivity index (χ1) is 9.63. The molecule has 0 atom stereocenters. The first-order valence-electron chi connectivity index (χ1n) is 6.90. The Labute approximate surface area is 117 Å². The molecule has 1 aromatic heterocycles. The maximum absolute atomic E-state index is 11.7. The molecule has 4 nitrogen and oxygen atoms in total. The predicted molar refractivity (Wildman–Crippen MR) is 74.5 cm³/mol. The fourth-order valence-electron chi connectivity index (χ4n) is 3.08. The van der Waals surface area contributed by atoms with E-state index in [0.717, 1.165) is 18.4 Å². The van der Waals surface area contributed by atoms with Gasteiger partial charge in [0.05, 0.1) is 5.69 Å². The third-order valence-electron chi connectivity index (χ3n) is 4.14. The van der Waals surface area contributed by atoms with Crippen LogP contribution in [0.15, 0.2) is 34.7 Å². The summed E-state index contributed by atoms with van der Waals surface area (Å²) >= 11 is 0. The molecule has 20 heavy (non-hydrogen) atoms. The summed E-state index contributed by atoms with van der Waals surface area (Å²) in [7, 11) is 0. The van der Waals surface area contributed by atoms with Crippen LogP contribution in [0.5, 0.6) is 0 Å². The Bertz CT molecular complexity index is 624. The van der Waals surface area contributed by atoms with Gasteiger partial charge in [0, 0.05) is 5.56 Å². The fraction of sp³-hybridized carbons (Fsp3) is 0.375. The number of aryl methyl sites for hydroxylation is 1. The molecule has 104 valence electrons. The summed E-state index contributed by atoms with van der Waals surface area (Å²) in [6.45, 7) is 1.80. The predicted octanol–water partition coefficient (Wildman–Crippen LogP) is 3.55. The number of oxazole rings is 1. The van der Waals surface area contributed by atoms with Crippen molar-refractivity contribution in [2.75, 3.05) is 0 Å². The lowest BCUT2D eigenvalue weighted by Crippen LogP contribution is -2.33. The fourth-order valence-corrected chi connectivity index (χ4v) is 3.08. The van der Waals surface area contributed by atoms with Crippen molar-refractivity contribution in [3.63, 3.8) is 0 Å². The zero-order valence-electron chi connectivity index (χ0n) is 11.4. The van der Waals surface area contributed by atoms with Gasteiger partial charge in [0.25, 0.3) is 0 Å². The molecule has 1 saturated carbocycles. The molecule has 0 saturated heterocycles. The van der Waals surface area contributed by atoms with Crippen LogP contribution in [0.2, 0.25) is 0 Å². The van der Waals surface area contributed by atoms with Crippen LogP contribution in [0, 0.1) is 6.92 Å². The van der Waals surface area contributed by atoms with Crippen molar-refractivity contribution in [1.29, 1.82) is 0 Å². The zero-order chi connectivity index (χ0) is 14.2. The van der Waals surface area contributed by atoms with Crippen molar-refractivity contribution >= 4 is 5.97 Å². The number of hydrogen-bond donors (Lipinski definition) is 1. The summed E-state index contributed by atoms with van der Waals surface area (Å²) < 4.78 is 5.71. The van der Waals surface area contributed by atoms with E-state index in [1.165, 1.54) is 0 Å². The highest BCUT2D eigenvalue weighted by molar-refractivity contribution is 5.81. The van der Waals surface area contributed by atoms with Crippen LogP contribution < -0.4 is 0 Å². The molecule has 1 aliphatic carbocycles. The lowest BCUT2D eigenvalue weighted by Gasteiger charge is -2.21. The number of nitrogens with zero attached hydrogens (tertiary/aromatic N) is 1. The van der Waals surface area contributed by atoms with E-state index in [0.29, 0.717) is 30.2 Å². The van der Waals surface area contributed by atoms with Crippen LogP contribution in [0.4, 0.5) is 0 Å². The van der Waals surface area contributed by atoms with Gasteiger partial charge in [-0.1, -0.05) is 31.0 Å². The minimum Gasteiger partial charge on any atom is -0.481 e. The maximum Gasteiger partial charge on any atom is 0.315 e. The van der Waals surface area contributed by atoms with E-state index in [1.54, 1.807) is 6.92 Å². The smallest absolute Gasteiger partial charge is 0.315 e. The largest absolute Gasteiger partial charge is 0.481 e. The third kappa shape index (κ3) is 1.92. The average molecular weight is 271 g/mol. The summed E-state index contributed by atoms with van der Waals surface area (Å²) in [6, 6.07) is 9.58. The molecule has 0 amide bonds.